The van der Waals surface area contributed by atoms with Gasteiger partial charge in [0.2, 0.25) is 0 Å². The van der Waals surface area contributed by atoms with Crippen molar-refractivity contribution in [3.8, 4) is 0 Å². The lowest BCUT2D eigenvalue weighted by Gasteiger charge is -2.32. The Bertz CT molecular complexity index is 999. The van der Waals surface area contributed by atoms with E-state index in [1.54, 1.807) is 0 Å². The third-order valence-electron chi connectivity index (χ3n) is 6.13. The molecule has 3 heterocycles. The summed E-state index contributed by atoms with van der Waals surface area (Å²) in [5.74, 6) is 1.21. The zero-order valence-corrected chi connectivity index (χ0v) is 16.2. The lowest BCUT2D eigenvalue weighted by molar-refractivity contribution is 0.0692. The molecule has 5 heteroatoms. The molecule has 1 saturated carbocycles. The van der Waals surface area contributed by atoms with E-state index in [0.29, 0.717) is 23.1 Å². The molecule has 0 N–H and O–H groups in total. The molecule has 0 bridgehead atoms. The van der Waals surface area contributed by atoms with Crippen LogP contribution in [0.1, 0.15) is 58.9 Å². The van der Waals surface area contributed by atoms with E-state index in [1.807, 2.05) is 17.9 Å². The minimum atomic E-state index is 0.0961. The topological polar surface area (TPSA) is 59.2 Å². The normalized spacial score (nSPS) is 18.0. The maximum absolute atomic E-state index is 13.4. The molecule has 5 nitrogen and oxygen atoms in total. The number of hydrogen-bond acceptors (Lipinski definition) is 4. The van der Waals surface area contributed by atoms with Crippen molar-refractivity contribution in [3.05, 3.63) is 58.9 Å². The van der Waals surface area contributed by atoms with Gasteiger partial charge in [0, 0.05) is 24.7 Å². The Morgan fingerprint density at radius 2 is 1.89 bits per heavy atom. The molecule has 144 valence electrons. The Morgan fingerprint density at radius 3 is 2.61 bits per heavy atom. The number of amides is 1. The lowest BCUT2D eigenvalue weighted by Crippen LogP contribution is -2.39. The molecule has 1 aromatic carbocycles. The van der Waals surface area contributed by atoms with Crippen LogP contribution in [0.2, 0.25) is 0 Å². The molecule has 1 saturated heterocycles. The minimum absolute atomic E-state index is 0.0961. The van der Waals surface area contributed by atoms with Crippen molar-refractivity contribution in [3.63, 3.8) is 0 Å². The molecular weight excluding hydrogens is 350 g/mol. The number of carbonyl (C=O) groups excluding carboxylic acids is 1. The van der Waals surface area contributed by atoms with Gasteiger partial charge in [-0.1, -0.05) is 35.5 Å². The monoisotopic (exact) mass is 375 g/mol. The Morgan fingerprint density at radius 1 is 1.14 bits per heavy atom. The first-order chi connectivity index (χ1) is 13.7. The van der Waals surface area contributed by atoms with Gasteiger partial charge >= 0.3 is 0 Å². The van der Waals surface area contributed by atoms with Crippen molar-refractivity contribution >= 4 is 17.0 Å². The number of hydrogen-bond donors (Lipinski definition) is 0. The van der Waals surface area contributed by atoms with E-state index < -0.39 is 0 Å². The predicted molar refractivity (Wildman–Crippen MR) is 107 cm³/mol. The van der Waals surface area contributed by atoms with Gasteiger partial charge in [0.1, 0.15) is 0 Å². The molecule has 1 amide bonds. The van der Waals surface area contributed by atoms with Crippen molar-refractivity contribution in [2.24, 2.45) is 5.92 Å². The SMILES string of the molecule is Cc1noc2nc(C3CC3)cc(C(=O)N3CCC(Cc4ccccc4)CC3)c12. The highest BCUT2D eigenvalue weighted by atomic mass is 16.5. The summed E-state index contributed by atoms with van der Waals surface area (Å²) in [6.45, 7) is 3.50. The first kappa shape index (κ1) is 17.4. The van der Waals surface area contributed by atoms with Crippen molar-refractivity contribution in [1.82, 2.24) is 15.0 Å². The van der Waals surface area contributed by atoms with E-state index in [9.17, 15) is 4.79 Å². The van der Waals surface area contributed by atoms with Gasteiger partial charge < -0.3 is 9.42 Å². The number of likely N-dealkylation sites (tertiary alicyclic amines) is 1. The van der Waals surface area contributed by atoms with E-state index in [-0.39, 0.29) is 5.91 Å². The summed E-state index contributed by atoms with van der Waals surface area (Å²) in [5.41, 5.74) is 4.33. The summed E-state index contributed by atoms with van der Waals surface area (Å²) in [7, 11) is 0. The van der Waals surface area contributed by atoms with Gasteiger partial charge in [-0.2, -0.15) is 0 Å². The molecule has 2 aliphatic rings. The van der Waals surface area contributed by atoms with Crippen LogP contribution in [0.15, 0.2) is 40.9 Å². The summed E-state index contributed by atoms with van der Waals surface area (Å²) in [5, 5.41) is 4.83. The lowest BCUT2D eigenvalue weighted by atomic mass is 9.90. The molecular formula is C23H25N3O2. The molecule has 1 aliphatic carbocycles. The largest absolute Gasteiger partial charge is 0.339 e. The van der Waals surface area contributed by atoms with E-state index in [1.165, 1.54) is 5.56 Å². The fraction of sp³-hybridized carbons (Fsp3) is 0.435. The highest BCUT2D eigenvalue weighted by Gasteiger charge is 2.31. The molecule has 28 heavy (non-hydrogen) atoms. The molecule has 1 aliphatic heterocycles. The highest BCUT2D eigenvalue weighted by Crippen LogP contribution is 2.40. The van der Waals surface area contributed by atoms with Gasteiger partial charge in [-0.15, -0.1) is 0 Å². The fourth-order valence-corrected chi connectivity index (χ4v) is 4.33. The van der Waals surface area contributed by atoms with Crippen molar-refractivity contribution in [2.45, 2.75) is 44.9 Å². The summed E-state index contributed by atoms with van der Waals surface area (Å²) in [6.07, 6.45) is 5.48. The van der Waals surface area contributed by atoms with E-state index in [2.05, 4.69) is 40.5 Å². The third kappa shape index (κ3) is 3.30. The van der Waals surface area contributed by atoms with Crippen molar-refractivity contribution in [2.75, 3.05) is 13.1 Å². The molecule has 2 aromatic heterocycles. The van der Waals surface area contributed by atoms with E-state index in [0.717, 1.165) is 62.0 Å². The average Bonchev–Trinajstić information content (AvgIpc) is 3.52. The van der Waals surface area contributed by atoms with Crippen LogP contribution in [0, 0.1) is 12.8 Å². The van der Waals surface area contributed by atoms with Gasteiger partial charge in [-0.25, -0.2) is 4.98 Å². The van der Waals surface area contributed by atoms with Gasteiger partial charge in [-0.3, -0.25) is 4.79 Å². The molecule has 0 unspecified atom stereocenters. The van der Waals surface area contributed by atoms with Gasteiger partial charge in [-0.05, 0) is 56.6 Å². The van der Waals surface area contributed by atoms with Gasteiger partial charge in [0.05, 0.1) is 16.6 Å². The highest BCUT2D eigenvalue weighted by molar-refractivity contribution is 6.06. The van der Waals surface area contributed by atoms with Crippen LogP contribution in [0.3, 0.4) is 0 Å². The van der Waals surface area contributed by atoms with Crippen molar-refractivity contribution < 1.29 is 9.32 Å². The van der Waals surface area contributed by atoms with Gasteiger partial charge in [0.25, 0.3) is 11.6 Å². The van der Waals surface area contributed by atoms with Gasteiger partial charge in [0.15, 0.2) is 0 Å². The number of aromatic nitrogens is 2. The Hall–Kier alpha value is -2.69. The second-order valence-corrected chi connectivity index (χ2v) is 8.24. The van der Waals surface area contributed by atoms with Crippen LogP contribution >= 0.6 is 0 Å². The smallest absolute Gasteiger partial charge is 0.259 e. The van der Waals surface area contributed by atoms with Crippen LogP contribution in [0.4, 0.5) is 0 Å². The standard InChI is InChI=1S/C23H25N3O2/c1-15-21-19(14-20(18-7-8-18)24-22(21)28-25-15)23(27)26-11-9-17(10-12-26)13-16-5-3-2-4-6-16/h2-6,14,17-18H,7-13H2,1H3. The third-order valence-corrected chi connectivity index (χ3v) is 6.13. The second kappa shape index (κ2) is 7.04. The first-order valence-electron chi connectivity index (χ1n) is 10.3. The Balaban J connectivity index is 1.34. The number of piperidine rings is 1. The summed E-state index contributed by atoms with van der Waals surface area (Å²) < 4.78 is 5.40. The Kier molecular flexibility index (Phi) is 4.38. The number of carbonyl (C=O) groups is 1. The Labute approximate surface area is 164 Å². The van der Waals surface area contributed by atoms with E-state index in [4.69, 9.17) is 4.52 Å². The molecule has 0 spiro atoms. The maximum atomic E-state index is 13.4. The molecule has 0 radical (unpaired) electrons. The minimum Gasteiger partial charge on any atom is -0.339 e. The van der Waals surface area contributed by atoms with Crippen LogP contribution < -0.4 is 0 Å². The summed E-state index contributed by atoms with van der Waals surface area (Å²) in [4.78, 5) is 20.0. The number of benzene rings is 1. The van der Waals surface area contributed by atoms with E-state index >= 15 is 0 Å². The summed E-state index contributed by atoms with van der Waals surface area (Å²) >= 11 is 0. The molecule has 2 fully saturated rings. The van der Waals surface area contributed by atoms with Crippen molar-refractivity contribution in [1.29, 1.82) is 0 Å². The van der Waals surface area contributed by atoms with Crippen LogP contribution in [0.5, 0.6) is 0 Å². The number of fused-ring (bicyclic) bond motifs is 1. The maximum Gasteiger partial charge on any atom is 0.259 e. The number of nitrogens with zero attached hydrogens (tertiary/aromatic N) is 3. The zero-order chi connectivity index (χ0) is 19.1. The number of aryl methyl sites for hydroxylation is 1. The molecule has 3 aromatic rings. The predicted octanol–water partition coefficient (Wildman–Crippen LogP) is 4.50. The molecule has 5 rings (SSSR count). The molecule has 0 atom stereocenters. The number of pyridine rings is 1. The average molecular weight is 375 g/mol. The summed E-state index contributed by atoms with van der Waals surface area (Å²) in [6, 6.07) is 12.6. The van der Waals surface area contributed by atoms with Crippen LogP contribution in [0.25, 0.3) is 11.1 Å². The number of rotatable bonds is 4. The van der Waals surface area contributed by atoms with Crippen LogP contribution in [-0.4, -0.2) is 34.0 Å². The first-order valence-corrected chi connectivity index (χ1v) is 10.3. The zero-order valence-electron chi connectivity index (χ0n) is 16.2. The second-order valence-electron chi connectivity index (χ2n) is 8.24. The fourth-order valence-electron chi connectivity index (χ4n) is 4.33. The van der Waals surface area contributed by atoms with Crippen LogP contribution in [-0.2, 0) is 6.42 Å². The quantitative estimate of drug-likeness (QED) is 0.673.